The van der Waals surface area contributed by atoms with Gasteiger partial charge in [-0.1, -0.05) is 23.7 Å². The molecule has 3 nitrogen and oxygen atoms in total. The highest BCUT2D eigenvalue weighted by Crippen LogP contribution is 2.29. The molecule has 1 aliphatic heterocycles. The second-order valence-corrected chi connectivity index (χ2v) is 6.19. The van der Waals surface area contributed by atoms with Crippen molar-refractivity contribution in [2.45, 2.75) is 40.0 Å². The van der Waals surface area contributed by atoms with Crippen LogP contribution in [0, 0.1) is 0 Å². The summed E-state index contributed by atoms with van der Waals surface area (Å²) >= 11 is 6.11. The van der Waals surface area contributed by atoms with E-state index in [0.717, 1.165) is 35.1 Å². The summed E-state index contributed by atoms with van der Waals surface area (Å²) in [7, 11) is 0. The fourth-order valence-electron chi connectivity index (χ4n) is 2.34. The lowest BCUT2D eigenvalue weighted by atomic mass is 9.96. The van der Waals surface area contributed by atoms with Crippen molar-refractivity contribution in [1.82, 2.24) is 0 Å². The minimum absolute atomic E-state index is 0.254. The maximum atomic E-state index is 12.2. The fourth-order valence-corrected chi connectivity index (χ4v) is 2.42. The predicted octanol–water partition coefficient (Wildman–Crippen LogP) is 6.06. The molecule has 0 radical (unpaired) electrons. The topological polar surface area (TPSA) is 30.8 Å². The molecule has 0 amide bonds. The van der Waals surface area contributed by atoms with Crippen molar-refractivity contribution in [3.05, 3.63) is 46.1 Å². The van der Waals surface area contributed by atoms with Crippen molar-refractivity contribution in [3.63, 3.8) is 0 Å². The van der Waals surface area contributed by atoms with Gasteiger partial charge in [-0.15, -0.1) is 13.2 Å². The van der Waals surface area contributed by atoms with Gasteiger partial charge in [0.15, 0.2) is 0 Å². The number of alkyl halides is 3. The van der Waals surface area contributed by atoms with E-state index in [1.165, 1.54) is 12.1 Å². The number of aliphatic imine (C=N–C) groups is 1. The lowest BCUT2D eigenvalue weighted by molar-refractivity contribution is -0.274. The van der Waals surface area contributed by atoms with Gasteiger partial charge in [0, 0.05) is 5.57 Å². The van der Waals surface area contributed by atoms with Crippen LogP contribution in [-0.2, 0) is 4.74 Å². The van der Waals surface area contributed by atoms with Crippen LogP contribution in [0.1, 0.15) is 39.2 Å². The summed E-state index contributed by atoms with van der Waals surface area (Å²) in [6.07, 6.45) is -3.10. The van der Waals surface area contributed by atoms with Crippen LogP contribution < -0.4 is 4.74 Å². The lowest BCUT2D eigenvalue weighted by Gasteiger charge is -2.21. The quantitative estimate of drug-likeness (QED) is 0.603. The minimum atomic E-state index is -4.70. The zero-order chi connectivity index (χ0) is 18.6. The standard InChI is InChI=1S/C18H19ClF3NO2/c1-11(2)16(19)23-17-15(5-4-10-24-17)12(3)13-6-8-14(9-7-13)25-18(20,21)22/h6-9H,4-5,10H2,1-3H3/b15-12+,23-17+. The third-order valence-electron chi connectivity index (χ3n) is 3.65. The SMILES string of the molecule is CC(C)=C(Cl)/N=C1/OCCC/C1=C(/C)c1ccc(OC(F)(F)F)cc1. The molecule has 0 bridgehead atoms. The van der Waals surface area contributed by atoms with Gasteiger partial charge < -0.3 is 9.47 Å². The van der Waals surface area contributed by atoms with Crippen molar-refractivity contribution in [3.8, 4) is 5.75 Å². The minimum Gasteiger partial charge on any atom is -0.477 e. The van der Waals surface area contributed by atoms with E-state index in [2.05, 4.69) is 9.73 Å². The summed E-state index contributed by atoms with van der Waals surface area (Å²) < 4.78 is 46.3. The van der Waals surface area contributed by atoms with Gasteiger partial charge in [0.05, 0.1) is 6.61 Å². The second-order valence-electron chi connectivity index (χ2n) is 5.84. The summed E-state index contributed by atoms with van der Waals surface area (Å²) in [5, 5.41) is 0.371. The maximum Gasteiger partial charge on any atom is 0.573 e. The summed E-state index contributed by atoms with van der Waals surface area (Å²) in [5.74, 6) is 0.209. The summed E-state index contributed by atoms with van der Waals surface area (Å²) in [5.41, 5.74) is 3.43. The molecule has 0 atom stereocenters. The lowest BCUT2D eigenvalue weighted by Crippen LogP contribution is -2.18. The van der Waals surface area contributed by atoms with E-state index in [9.17, 15) is 13.2 Å². The van der Waals surface area contributed by atoms with E-state index in [4.69, 9.17) is 16.3 Å². The molecule has 0 unspecified atom stereocenters. The van der Waals surface area contributed by atoms with Gasteiger partial charge in [0.2, 0.25) is 5.90 Å². The van der Waals surface area contributed by atoms with Crippen molar-refractivity contribution in [2.24, 2.45) is 4.99 Å². The Morgan fingerprint density at radius 2 is 1.80 bits per heavy atom. The Kier molecular flexibility index (Phi) is 6.16. The first-order valence-corrected chi connectivity index (χ1v) is 8.16. The number of ether oxygens (including phenoxy) is 2. The molecule has 1 aliphatic rings. The maximum absolute atomic E-state index is 12.2. The van der Waals surface area contributed by atoms with Crippen molar-refractivity contribution < 1.29 is 22.6 Å². The molecule has 1 heterocycles. The first kappa shape index (κ1) is 19.4. The molecule has 2 rings (SSSR count). The van der Waals surface area contributed by atoms with Crippen LogP contribution >= 0.6 is 11.6 Å². The highest BCUT2D eigenvalue weighted by Gasteiger charge is 2.31. The highest BCUT2D eigenvalue weighted by atomic mass is 35.5. The average molecular weight is 374 g/mol. The fraction of sp³-hybridized carbons (Fsp3) is 0.389. The number of hydrogen-bond acceptors (Lipinski definition) is 3. The monoisotopic (exact) mass is 373 g/mol. The number of halogens is 4. The first-order valence-electron chi connectivity index (χ1n) is 7.78. The Bertz CT molecular complexity index is 715. The van der Waals surface area contributed by atoms with Crippen molar-refractivity contribution in [2.75, 3.05) is 6.61 Å². The van der Waals surface area contributed by atoms with E-state index in [1.54, 1.807) is 12.1 Å². The number of rotatable bonds is 3. The van der Waals surface area contributed by atoms with Gasteiger partial charge in [0.25, 0.3) is 0 Å². The molecule has 136 valence electrons. The molecule has 1 fully saturated rings. The summed E-state index contributed by atoms with van der Waals surface area (Å²) in [4.78, 5) is 4.34. The van der Waals surface area contributed by atoms with Crippen LogP contribution in [0.25, 0.3) is 5.57 Å². The van der Waals surface area contributed by atoms with Crippen LogP contribution in [0.15, 0.2) is 45.6 Å². The molecule has 0 saturated carbocycles. The zero-order valence-electron chi connectivity index (χ0n) is 14.2. The number of allylic oxidation sites excluding steroid dienone is 2. The van der Waals surface area contributed by atoms with Crippen LogP contribution in [0.4, 0.5) is 13.2 Å². The van der Waals surface area contributed by atoms with E-state index >= 15 is 0 Å². The largest absolute Gasteiger partial charge is 0.573 e. The number of nitrogens with zero attached hydrogens (tertiary/aromatic N) is 1. The molecular formula is C18H19ClF3NO2. The van der Waals surface area contributed by atoms with Gasteiger partial charge >= 0.3 is 6.36 Å². The molecule has 0 spiro atoms. The number of hydrogen-bond donors (Lipinski definition) is 0. The van der Waals surface area contributed by atoms with Crippen molar-refractivity contribution >= 4 is 23.1 Å². The molecule has 0 aliphatic carbocycles. The first-order chi connectivity index (χ1) is 11.7. The third kappa shape index (κ3) is 5.53. The molecule has 1 aromatic rings. The van der Waals surface area contributed by atoms with Gasteiger partial charge in [-0.3, -0.25) is 0 Å². The molecule has 0 aromatic heterocycles. The van der Waals surface area contributed by atoms with E-state index in [-0.39, 0.29) is 5.75 Å². The van der Waals surface area contributed by atoms with Crippen molar-refractivity contribution in [1.29, 1.82) is 0 Å². The summed E-state index contributed by atoms with van der Waals surface area (Å²) in [6.45, 7) is 6.14. The van der Waals surface area contributed by atoms with E-state index in [1.807, 2.05) is 20.8 Å². The normalized spacial score (nSPS) is 18.6. The van der Waals surface area contributed by atoms with E-state index < -0.39 is 6.36 Å². The van der Waals surface area contributed by atoms with Crippen LogP contribution in [-0.4, -0.2) is 18.9 Å². The van der Waals surface area contributed by atoms with Gasteiger partial charge in [-0.25, -0.2) is 4.99 Å². The Morgan fingerprint density at radius 1 is 1.16 bits per heavy atom. The molecule has 1 aromatic carbocycles. The van der Waals surface area contributed by atoms with Gasteiger partial charge in [-0.05, 0) is 62.5 Å². The second kappa shape index (κ2) is 7.95. The van der Waals surface area contributed by atoms with Crippen LogP contribution in [0.2, 0.25) is 0 Å². The van der Waals surface area contributed by atoms with E-state index in [0.29, 0.717) is 17.7 Å². The molecular weight excluding hydrogens is 355 g/mol. The van der Waals surface area contributed by atoms with Gasteiger partial charge in [-0.2, -0.15) is 0 Å². The summed E-state index contributed by atoms with van der Waals surface area (Å²) in [6, 6.07) is 5.74. The Balaban J connectivity index is 2.34. The molecule has 0 N–H and O–H groups in total. The average Bonchev–Trinajstić information content (AvgIpc) is 2.54. The molecule has 7 heteroatoms. The zero-order valence-corrected chi connectivity index (χ0v) is 15.0. The Morgan fingerprint density at radius 3 is 2.36 bits per heavy atom. The third-order valence-corrected chi connectivity index (χ3v) is 4.12. The Hall–Kier alpha value is -1.95. The Labute approximate surface area is 149 Å². The van der Waals surface area contributed by atoms with Crippen LogP contribution in [0.3, 0.4) is 0 Å². The van der Waals surface area contributed by atoms with Gasteiger partial charge in [0.1, 0.15) is 10.9 Å². The van der Waals surface area contributed by atoms with Crippen LogP contribution in [0.5, 0.6) is 5.75 Å². The predicted molar refractivity (Wildman–Crippen MR) is 92.6 cm³/mol. The number of benzene rings is 1. The highest BCUT2D eigenvalue weighted by molar-refractivity contribution is 6.30. The molecule has 1 saturated heterocycles. The smallest absolute Gasteiger partial charge is 0.477 e. The molecule has 25 heavy (non-hydrogen) atoms.